The van der Waals surface area contributed by atoms with E-state index in [1.807, 2.05) is 20.8 Å². The lowest BCUT2D eigenvalue weighted by Crippen LogP contribution is -2.46. The number of thiazole rings is 1. The van der Waals surface area contributed by atoms with Crippen LogP contribution in [-0.2, 0) is 9.53 Å². The van der Waals surface area contributed by atoms with Crippen LogP contribution in [0.2, 0.25) is 5.15 Å². The number of aromatic nitrogens is 2. The van der Waals surface area contributed by atoms with Crippen molar-refractivity contribution in [1.29, 1.82) is 0 Å². The monoisotopic (exact) mass is 329 g/mol. The summed E-state index contributed by atoms with van der Waals surface area (Å²) in [5, 5.41) is 4.59. The van der Waals surface area contributed by atoms with Gasteiger partial charge in [-0.05, 0) is 27.7 Å². The summed E-state index contributed by atoms with van der Waals surface area (Å²) >= 11 is 7.30. The summed E-state index contributed by atoms with van der Waals surface area (Å²) in [7, 11) is 0. The van der Waals surface area contributed by atoms with Crippen LogP contribution in [-0.4, -0.2) is 32.9 Å². The Labute approximate surface area is 131 Å². The van der Waals surface area contributed by atoms with Gasteiger partial charge in [0.25, 0.3) is 5.91 Å². The van der Waals surface area contributed by atoms with Crippen LogP contribution in [0.1, 0.15) is 38.2 Å². The van der Waals surface area contributed by atoms with Gasteiger partial charge in [0.1, 0.15) is 0 Å². The van der Waals surface area contributed by atoms with Crippen LogP contribution in [0.4, 0.5) is 0 Å². The van der Waals surface area contributed by atoms with E-state index in [4.69, 9.17) is 16.3 Å². The van der Waals surface area contributed by atoms with Gasteiger partial charge < -0.3 is 10.1 Å². The number of ether oxygens (including phenoxy) is 1. The molecule has 0 aliphatic rings. The molecule has 0 aromatic carbocycles. The van der Waals surface area contributed by atoms with Crippen LogP contribution in [0, 0.1) is 0 Å². The number of halogens is 1. The van der Waals surface area contributed by atoms with E-state index in [0.29, 0.717) is 4.96 Å². The first-order chi connectivity index (χ1) is 9.69. The molecule has 0 unspecified atom stereocenters. The maximum atomic E-state index is 12.2. The van der Waals surface area contributed by atoms with Crippen LogP contribution in [0.5, 0.6) is 0 Å². The van der Waals surface area contributed by atoms with E-state index in [1.54, 1.807) is 16.0 Å². The highest BCUT2D eigenvalue weighted by Crippen LogP contribution is 2.22. The molecule has 0 bridgehead atoms. The van der Waals surface area contributed by atoms with Crippen molar-refractivity contribution in [3.8, 4) is 0 Å². The fraction of sp³-hybridized carbons (Fsp3) is 0.462. The van der Waals surface area contributed by atoms with Crippen molar-refractivity contribution in [2.75, 3.05) is 0 Å². The first-order valence-electron chi connectivity index (χ1n) is 6.33. The van der Waals surface area contributed by atoms with Crippen molar-refractivity contribution in [2.45, 2.75) is 39.3 Å². The number of esters is 1. The number of carbonyl (C=O) groups is 2. The first kappa shape index (κ1) is 15.8. The molecule has 2 aromatic rings. The van der Waals surface area contributed by atoms with E-state index < -0.39 is 17.6 Å². The van der Waals surface area contributed by atoms with E-state index >= 15 is 0 Å². The van der Waals surface area contributed by atoms with E-state index in [1.165, 1.54) is 18.3 Å². The molecule has 8 heteroatoms. The summed E-state index contributed by atoms with van der Waals surface area (Å²) in [5.41, 5.74) is -0.268. The van der Waals surface area contributed by atoms with Crippen molar-refractivity contribution in [2.24, 2.45) is 0 Å². The zero-order chi connectivity index (χ0) is 15.8. The fourth-order valence-electron chi connectivity index (χ4n) is 1.68. The maximum absolute atomic E-state index is 12.2. The van der Waals surface area contributed by atoms with Crippen LogP contribution >= 0.6 is 22.9 Å². The molecular formula is C13H16ClN3O3S. The van der Waals surface area contributed by atoms with Gasteiger partial charge >= 0.3 is 5.97 Å². The third kappa shape index (κ3) is 3.54. The standard InChI is InChI=1S/C13H16ClN3O3S/c1-7(10(18)16-13(2,3)4)20-11(19)8-9(14)15-12-17(8)5-6-21-12/h5-7H,1-4H3,(H,16,18)/t7-/m1/s1. The molecule has 21 heavy (non-hydrogen) atoms. The molecule has 0 spiro atoms. The minimum absolute atomic E-state index is 0.0651. The zero-order valence-electron chi connectivity index (χ0n) is 12.1. The van der Waals surface area contributed by atoms with Gasteiger partial charge in [-0.3, -0.25) is 9.20 Å². The number of hydrogen-bond donors (Lipinski definition) is 1. The normalized spacial score (nSPS) is 13.2. The highest BCUT2D eigenvalue weighted by molar-refractivity contribution is 7.15. The average molecular weight is 330 g/mol. The largest absolute Gasteiger partial charge is 0.448 e. The Morgan fingerprint density at radius 3 is 2.76 bits per heavy atom. The summed E-state index contributed by atoms with van der Waals surface area (Å²) in [6.45, 7) is 7.06. The number of carbonyl (C=O) groups excluding carboxylic acids is 2. The summed E-state index contributed by atoms with van der Waals surface area (Å²) in [5.74, 6) is -1.04. The van der Waals surface area contributed by atoms with Gasteiger partial charge in [-0.25, -0.2) is 9.78 Å². The van der Waals surface area contributed by atoms with E-state index in [9.17, 15) is 9.59 Å². The van der Waals surface area contributed by atoms with E-state index in [-0.39, 0.29) is 16.8 Å². The molecular weight excluding hydrogens is 314 g/mol. The molecule has 114 valence electrons. The topological polar surface area (TPSA) is 72.7 Å². The quantitative estimate of drug-likeness (QED) is 0.878. The molecule has 0 saturated heterocycles. The van der Waals surface area contributed by atoms with Crippen molar-refractivity contribution in [3.05, 3.63) is 22.4 Å². The lowest BCUT2D eigenvalue weighted by atomic mass is 10.1. The van der Waals surface area contributed by atoms with Crippen LogP contribution in [0.25, 0.3) is 4.96 Å². The molecule has 1 atom stereocenters. The zero-order valence-corrected chi connectivity index (χ0v) is 13.7. The Kier molecular flexibility index (Phi) is 4.25. The van der Waals surface area contributed by atoms with E-state index in [2.05, 4.69) is 10.3 Å². The first-order valence-corrected chi connectivity index (χ1v) is 7.59. The number of amides is 1. The Hall–Kier alpha value is -1.60. The third-order valence-corrected chi connectivity index (χ3v) is 3.58. The molecule has 1 N–H and O–H groups in total. The number of imidazole rings is 1. The second-order valence-electron chi connectivity index (χ2n) is 5.59. The van der Waals surface area contributed by atoms with Crippen LogP contribution < -0.4 is 5.32 Å². The number of rotatable bonds is 3. The van der Waals surface area contributed by atoms with Gasteiger partial charge in [-0.15, -0.1) is 11.3 Å². The maximum Gasteiger partial charge on any atom is 0.359 e. The van der Waals surface area contributed by atoms with Crippen LogP contribution in [0.15, 0.2) is 11.6 Å². The number of nitrogens with zero attached hydrogens (tertiary/aromatic N) is 2. The molecule has 2 aromatic heterocycles. The van der Waals surface area contributed by atoms with Crippen molar-refractivity contribution >= 4 is 39.8 Å². The van der Waals surface area contributed by atoms with E-state index in [0.717, 1.165) is 0 Å². The minimum atomic E-state index is -0.919. The molecule has 0 aliphatic heterocycles. The molecule has 0 radical (unpaired) electrons. The number of hydrogen-bond acceptors (Lipinski definition) is 5. The van der Waals surface area contributed by atoms with Gasteiger partial charge in [-0.2, -0.15) is 0 Å². The molecule has 2 heterocycles. The SMILES string of the molecule is C[C@@H](OC(=O)c1c(Cl)nc2sccn12)C(=O)NC(C)(C)C. The third-order valence-electron chi connectivity index (χ3n) is 2.56. The summed E-state index contributed by atoms with van der Waals surface area (Å²) < 4.78 is 6.71. The second kappa shape index (κ2) is 5.65. The predicted octanol–water partition coefficient (Wildman–Crippen LogP) is 2.51. The Bertz CT molecular complexity index is 686. The lowest BCUT2D eigenvalue weighted by molar-refractivity contribution is -0.130. The van der Waals surface area contributed by atoms with Crippen molar-refractivity contribution < 1.29 is 14.3 Å². The highest BCUT2D eigenvalue weighted by atomic mass is 35.5. The van der Waals surface area contributed by atoms with Crippen molar-refractivity contribution in [3.63, 3.8) is 0 Å². The van der Waals surface area contributed by atoms with Gasteiger partial charge in [0.15, 0.2) is 21.9 Å². The van der Waals surface area contributed by atoms with Gasteiger partial charge in [0.05, 0.1) is 0 Å². The summed E-state index contributed by atoms with van der Waals surface area (Å²) in [6, 6.07) is 0. The lowest BCUT2D eigenvalue weighted by Gasteiger charge is -2.23. The van der Waals surface area contributed by atoms with Gasteiger partial charge in [0.2, 0.25) is 0 Å². The molecule has 6 nitrogen and oxygen atoms in total. The van der Waals surface area contributed by atoms with Crippen molar-refractivity contribution in [1.82, 2.24) is 14.7 Å². The number of fused-ring (bicyclic) bond motifs is 1. The Morgan fingerprint density at radius 2 is 2.14 bits per heavy atom. The second-order valence-corrected chi connectivity index (χ2v) is 6.82. The van der Waals surface area contributed by atoms with Crippen LogP contribution in [0.3, 0.4) is 0 Å². The Balaban J connectivity index is 2.12. The van der Waals surface area contributed by atoms with Gasteiger partial charge in [0, 0.05) is 17.1 Å². The average Bonchev–Trinajstić information content (AvgIpc) is 2.85. The van der Waals surface area contributed by atoms with Gasteiger partial charge in [-0.1, -0.05) is 11.6 Å². The Morgan fingerprint density at radius 1 is 1.48 bits per heavy atom. The molecule has 0 aliphatic carbocycles. The molecule has 0 saturated carbocycles. The minimum Gasteiger partial charge on any atom is -0.448 e. The molecule has 1 amide bonds. The summed E-state index contributed by atoms with van der Waals surface area (Å²) in [6.07, 6.45) is 0.756. The fourth-order valence-corrected chi connectivity index (χ4v) is 2.70. The summed E-state index contributed by atoms with van der Waals surface area (Å²) in [4.78, 5) is 28.7. The highest BCUT2D eigenvalue weighted by Gasteiger charge is 2.26. The number of nitrogens with one attached hydrogen (secondary N) is 1. The smallest absolute Gasteiger partial charge is 0.359 e. The predicted molar refractivity (Wildman–Crippen MR) is 80.9 cm³/mol. The molecule has 2 rings (SSSR count). The molecule has 0 fully saturated rings.